The van der Waals surface area contributed by atoms with Crippen LogP contribution < -0.4 is 14.4 Å². The maximum Gasteiger partial charge on any atom is 0.234 e. The predicted octanol–water partition coefficient (Wildman–Crippen LogP) is 4.70. The first kappa shape index (κ1) is 19.4. The standard InChI is InChI=1S/C22H21FN2O3S/c1-14(16-3-8-20-21(11-16)28-10-9-27-20)22(26)25(12-18-13-29-15(2)24-18)19-6-4-17(23)5-7-19/h3-8,11,13-14H,9-10,12H2,1-2H3. The van der Waals surface area contributed by atoms with Crippen LogP contribution in [0.2, 0.25) is 0 Å². The Morgan fingerprint density at radius 2 is 1.90 bits per heavy atom. The van der Waals surface area contributed by atoms with Crippen LogP contribution in [0.1, 0.15) is 29.1 Å². The maximum atomic E-state index is 13.4. The van der Waals surface area contributed by atoms with E-state index in [0.717, 1.165) is 16.3 Å². The number of aromatic nitrogens is 1. The van der Waals surface area contributed by atoms with E-state index < -0.39 is 5.92 Å². The summed E-state index contributed by atoms with van der Waals surface area (Å²) < 4.78 is 24.6. The van der Waals surface area contributed by atoms with E-state index >= 15 is 0 Å². The first-order chi connectivity index (χ1) is 14.0. The fourth-order valence-corrected chi connectivity index (χ4v) is 3.87. The first-order valence-electron chi connectivity index (χ1n) is 9.39. The number of carbonyl (C=O) groups is 1. The topological polar surface area (TPSA) is 51.7 Å². The zero-order chi connectivity index (χ0) is 20.4. The van der Waals surface area contributed by atoms with E-state index in [1.54, 1.807) is 17.0 Å². The highest BCUT2D eigenvalue weighted by atomic mass is 32.1. The number of amides is 1. The maximum absolute atomic E-state index is 13.4. The number of anilines is 1. The molecule has 0 saturated heterocycles. The van der Waals surface area contributed by atoms with Crippen LogP contribution >= 0.6 is 11.3 Å². The fraction of sp³-hybridized carbons (Fsp3) is 0.273. The number of ether oxygens (including phenoxy) is 2. The van der Waals surface area contributed by atoms with Gasteiger partial charge in [0, 0.05) is 11.1 Å². The Labute approximate surface area is 172 Å². The van der Waals surface area contributed by atoms with Crippen LogP contribution in [-0.2, 0) is 11.3 Å². The smallest absolute Gasteiger partial charge is 0.234 e. The predicted molar refractivity (Wildman–Crippen MR) is 110 cm³/mol. The summed E-state index contributed by atoms with van der Waals surface area (Å²) in [6, 6.07) is 11.5. The van der Waals surface area contributed by atoms with Crippen LogP contribution in [-0.4, -0.2) is 24.1 Å². The van der Waals surface area contributed by atoms with Gasteiger partial charge in [0.05, 0.1) is 23.2 Å². The van der Waals surface area contributed by atoms with Gasteiger partial charge in [-0.1, -0.05) is 6.07 Å². The van der Waals surface area contributed by atoms with Gasteiger partial charge < -0.3 is 14.4 Å². The van der Waals surface area contributed by atoms with E-state index in [2.05, 4.69) is 4.98 Å². The number of fused-ring (bicyclic) bond motifs is 1. The molecule has 1 amide bonds. The normalized spacial score (nSPS) is 13.8. The van der Waals surface area contributed by atoms with Crippen molar-refractivity contribution >= 4 is 22.9 Å². The van der Waals surface area contributed by atoms with E-state index in [0.29, 0.717) is 36.9 Å². The average Bonchev–Trinajstić information content (AvgIpc) is 3.16. The Hall–Kier alpha value is -2.93. The number of nitrogens with zero attached hydrogens (tertiary/aromatic N) is 2. The molecule has 1 aromatic heterocycles. The molecule has 0 spiro atoms. The minimum absolute atomic E-state index is 0.0982. The summed E-state index contributed by atoms with van der Waals surface area (Å²) in [6.07, 6.45) is 0. The van der Waals surface area contributed by atoms with Crippen LogP contribution in [0.3, 0.4) is 0 Å². The number of thiazole rings is 1. The molecule has 29 heavy (non-hydrogen) atoms. The van der Waals surface area contributed by atoms with Crippen LogP contribution in [0.5, 0.6) is 11.5 Å². The lowest BCUT2D eigenvalue weighted by Crippen LogP contribution is -2.34. The van der Waals surface area contributed by atoms with Gasteiger partial charge in [-0.3, -0.25) is 4.79 Å². The summed E-state index contributed by atoms with van der Waals surface area (Å²) in [7, 11) is 0. The molecular formula is C22H21FN2O3S. The van der Waals surface area contributed by atoms with Crippen molar-refractivity contribution in [3.8, 4) is 11.5 Å². The molecule has 0 N–H and O–H groups in total. The molecule has 1 aliphatic rings. The van der Waals surface area contributed by atoms with Crippen molar-refractivity contribution in [1.29, 1.82) is 0 Å². The molecule has 2 aromatic carbocycles. The van der Waals surface area contributed by atoms with Crippen LogP contribution in [0.4, 0.5) is 10.1 Å². The van der Waals surface area contributed by atoms with Gasteiger partial charge in [0.25, 0.3) is 0 Å². The van der Waals surface area contributed by atoms with Gasteiger partial charge in [-0.15, -0.1) is 11.3 Å². The molecule has 2 heterocycles. The van der Waals surface area contributed by atoms with Gasteiger partial charge in [-0.05, 0) is 55.8 Å². The van der Waals surface area contributed by atoms with Crippen molar-refractivity contribution in [1.82, 2.24) is 4.98 Å². The number of carbonyl (C=O) groups excluding carboxylic acids is 1. The van der Waals surface area contributed by atoms with Crippen LogP contribution in [0.25, 0.3) is 0 Å². The zero-order valence-corrected chi connectivity index (χ0v) is 17.0. The summed E-state index contributed by atoms with van der Waals surface area (Å²) in [5.74, 6) is 0.477. The van der Waals surface area contributed by atoms with Gasteiger partial charge in [0.2, 0.25) is 5.91 Å². The molecule has 1 unspecified atom stereocenters. The van der Waals surface area contributed by atoms with Crippen LogP contribution in [0.15, 0.2) is 47.8 Å². The molecular weight excluding hydrogens is 391 g/mol. The third-order valence-electron chi connectivity index (χ3n) is 4.83. The third kappa shape index (κ3) is 4.24. The van der Waals surface area contributed by atoms with Crippen molar-refractivity contribution in [3.63, 3.8) is 0 Å². The Bertz CT molecular complexity index is 1020. The molecule has 3 aromatic rings. The summed E-state index contributed by atoms with van der Waals surface area (Å²) in [5, 5.41) is 2.87. The van der Waals surface area contributed by atoms with Crippen molar-refractivity contribution in [2.45, 2.75) is 26.3 Å². The van der Waals surface area contributed by atoms with E-state index in [-0.39, 0.29) is 11.7 Å². The number of benzene rings is 2. The quantitative estimate of drug-likeness (QED) is 0.610. The Morgan fingerprint density at radius 3 is 2.59 bits per heavy atom. The first-order valence-corrected chi connectivity index (χ1v) is 10.3. The largest absolute Gasteiger partial charge is 0.486 e. The number of rotatable bonds is 5. The average molecular weight is 412 g/mol. The second-order valence-electron chi connectivity index (χ2n) is 6.88. The lowest BCUT2D eigenvalue weighted by molar-refractivity contribution is -0.119. The molecule has 0 fully saturated rings. The van der Waals surface area contributed by atoms with Crippen molar-refractivity contribution < 1.29 is 18.7 Å². The fourth-order valence-electron chi connectivity index (χ4n) is 3.27. The molecule has 0 saturated carbocycles. The van der Waals surface area contributed by atoms with Gasteiger partial charge in [0.15, 0.2) is 11.5 Å². The molecule has 150 valence electrons. The van der Waals surface area contributed by atoms with Crippen molar-refractivity contribution in [3.05, 3.63) is 69.9 Å². The van der Waals surface area contributed by atoms with Gasteiger partial charge >= 0.3 is 0 Å². The lowest BCUT2D eigenvalue weighted by atomic mass is 9.98. The molecule has 1 aliphatic heterocycles. The second-order valence-corrected chi connectivity index (χ2v) is 7.95. The molecule has 7 heteroatoms. The Balaban J connectivity index is 1.63. The summed E-state index contributed by atoms with van der Waals surface area (Å²) in [6.45, 7) is 5.12. The number of hydrogen-bond donors (Lipinski definition) is 0. The highest BCUT2D eigenvalue weighted by Crippen LogP contribution is 2.34. The van der Waals surface area contributed by atoms with Gasteiger partial charge in [0.1, 0.15) is 19.0 Å². The van der Waals surface area contributed by atoms with Crippen molar-refractivity contribution in [2.24, 2.45) is 0 Å². The minimum atomic E-state index is -0.421. The second kappa shape index (κ2) is 8.21. The lowest BCUT2D eigenvalue weighted by Gasteiger charge is -2.26. The Morgan fingerprint density at radius 1 is 1.17 bits per heavy atom. The number of halogens is 1. The highest BCUT2D eigenvalue weighted by Gasteiger charge is 2.26. The van der Waals surface area contributed by atoms with E-state index in [4.69, 9.17) is 9.47 Å². The van der Waals surface area contributed by atoms with E-state index in [9.17, 15) is 9.18 Å². The SMILES string of the molecule is Cc1nc(CN(C(=O)C(C)c2ccc3c(c2)OCCO3)c2ccc(F)cc2)cs1. The highest BCUT2D eigenvalue weighted by molar-refractivity contribution is 7.09. The molecule has 4 rings (SSSR count). The molecule has 1 atom stereocenters. The summed E-state index contributed by atoms with van der Waals surface area (Å²) in [5.41, 5.74) is 2.27. The molecule has 0 radical (unpaired) electrons. The molecule has 5 nitrogen and oxygen atoms in total. The van der Waals surface area contributed by atoms with E-state index in [1.807, 2.05) is 37.4 Å². The van der Waals surface area contributed by atoms with Gasteiger partial charge in [-0.25, -0.2) is 9.37 Å². The van der Waals surface area contributed by atoms with E-state index in [1.165, 1.54) is 23.5 Å². The summed E-state index contributed by atoms with van der Waals surface area (Å²) in [4.78, 5) is 19.6. The van der Waals surface area contributed by atoms with Crippen LogP contribution in [0, 0.1) is 12.7 Å². The minimum Gasteiger partial charge on any atom is -0.486 e. The Kier molecular flexibility index (Phi) is 5.49. The summed E-state index contributed by atoms with van der Waals surface area (Å²) >= 11 is 1.54. The van der Waals surface area contributed by atoms with Gasteiger partial charge in [-0.2, -0.15) is 0 Å². The monoisotopic (exact) mass is 412 g/mol. The van der Waals surface area contributed by atoms with Crippen molar-refractivity contribution in [2.75, 3.05) is 18.1 Å². The molecule has 0 aliphatic carbocycles. The zero-order valence-electron chi connectivity index (χ0n) is 16.2. The third-order valence-corrected chi connectivity index (χ3v) is 5.65. The number of hydrogen-bond acceptors (Lipinski definition) is 5. The number of aryl methyl sites for hydroxylation is 1. The molecule has 0 bridgehead atoms.